The molecule has 6 heterocycles. The zero-order chi connectivity index (χ0) is 24.8. The number of likely N-dealkylation sites (N-methyl/N-ethyl adjacent to an activating group) is 1. The van der Waals surface area contributed by atoms with Crippen molar-refractivity contribution in [2.75, 3.05) is 36.9 Å². The van der Waals surface area contributed by atoms with E-state index in [-0.39, 0.29) is 0 Å². The zero-order valence-electron chi connectivity index (χ0n) is 21.4. The molecule has 190 valence electrons. The maximum Gasteiger partial charge on any atom is 0.229 e. The van der Waals surface area contributed by atoms with Crippen molar-refractivity contribution in [3.05, 3.63) is 41.9 Å². The van der Waals surface area contributed by atoms with Gasteiger partial charge in [0.25, 0.3) is 0 Å². The third kappa shape index (κ3) is 4.51. The number of hydrogen-bond acceptors (Lipinski definition) is 9. The Labute approximate surface area is 212 Å². The van der Waals surface area contributed by atoms with Crippen molar-refractivity contribution in [1.29, 1.82) is 0 Å². The number of fused-ring (bicyclic) bond motifs is 3. The summed E-state index contributed by atoms with van der Waals surface area (Å²) in [7, 11) is 2.19. The van der Waals surface area contributed by atoms with Crippen LogP contribution in [0.1, 0.15) is 56.9 Å². The summed E-state index contributed by atoms with van der Waals surface area (Å²) < 4.78 is 0. The van der Waals surface area contributed by atoms with E-state index in [1.807, 2.05) is 24.5 Å². The van der Waals surface area contributed by atoms with Crippen LogP contribution in [-0.4, -0.2) is 79.6 Å². The van der Waals surface area contributed by atoms with Gasteiger partial charge in [0.05, 0.1) is 11.8 Å². The lowest BCUT2D eigenvalue weighted by molar-refractivity contribution is 0.0937. The highest BCUT2D eigenvalue weighted by Gasteiger charge is 2.41. The van der Waals surface area contributed by atoms with Crippen LogP contribution in [0.3, 0.4) is 0 Å². The third-order valence-corrected chi connectivity index (χ3v) is 8.11. The van der Waals surface area contributed by atoms with Crippen LogP contribution in [0.5, 0.6) is 0 Å². The predicted octanol–water partition coefficient (Wildman–Crippen LogP) is 3.48. The molecule has 3 aromatic heterocycles. The highest BCUT2D eigenvalue weighted by atomic mass is 16.3. The lowest BCUT2D eigenvalue weighted by atomic mass is 10.0. The molecule has 0 spiro atoms. The largest absolute Gasteiger partial charge is 0.387 e. The van der Waals surface area contributed by atoms with Gasteiger partial charge in [-0.3, -0.25) is 4.90 Å². The first kappa shape index (κ1) is 23.5. The predicted molar refractivity (Wildman–Crippen MR) is 141 cm³/mol. The molecule has 3 fully saturated rings. The van der Waals surface area contributed by atoms with E-state index in [9.17, 15) is 5.11 Å². The summed E-state index contributed by atoms with van der Waals surface area (Å²) in [6.45, 7) is 8.23. The van der Waals surface area contributed by atoms with Crippen molar-refractivity contribution in [3.63, 3.8) is 0 Å². The molecule has 36 heavy (non-hydrogen) atoms. The number of nitrogens with one attached hydrogen (secondary N) is 1. The maximum atomic E-state index is 10.3. The topological polar surface area (TPSA) is 93.5 Å². The van der Waals surface area contributed by atoms with E-state index >= 15 is 0 Å². The van der Waals surface area contributed by atoms with Gasteiger partial charge in [0.2, 0.25) is 5.95 Å². The minimum Gasteiger partial charge on any atom is -0.387 e. The monoisotopic (exact) mass is 488 g/mol. The molecule has 0 aromatic carbocycles. The standard InChI is InChI=1S/C27H36N8O/c1-17-15-33(3)10-11-34(17)16-19-4-9-24(28-13-19)31-27-29-14-20-12-23(18(2)36)30-26(25(20)32-27)35-21-5-6-22(35)8-7-21/h4,9,12-14,17-18,21-22,36H,5-8,10-11,15-16H2,1-3H3,(H,28,29,31,32)/t17-,18+,21?,22?/m0/s1. The Morgan fingerprint density at radius 1 is 1.06 bits per heavy atom. The normalized spacial score (nSPS) is 25.6. The van der Waals surface area contributed by atoms with Crippen LogP contribution in [0.25, 0.3) is 10.9 Å². The second-order valence-electron chi connectivity index (χ2n) is 10.8. The SMILES string of the molecule is C[C@@H](O)c1cc2cnc(Nc3ccc(CN4CCN(C)C[C@@H]4C)cn3)nc2c(N2C3CCC2CC3)n1. The molecule has 2 atom stereocenters. The Morgan fingerprint density at radius 3 is 2.50 bits per heavy atom. The molecule has 9 nitrogen and oxygen atoms in total. The number of aromatic nitrogens is 4. The van der Waals surface area contributed by atoms with Crippen LogP contribution in [0, 0.1) is 0 Å². The van der Waals surface area contributed by atoms with Crippen LogP contribution in [0.2, 0.25) is 0 Å². The number of pyridine rings is 2. The molecule has 0 radical (unpaired) electrons. The molecule has 3 saturated heterocycles. The molecule has 0 amide bonds. The quantitative estimate of drug-likeness (QED) is 0.541. The molecule has 9 heteroatoms. The van der Waals surface area contributed by atoms with Gasteiger partial charge in [0.15, 0.2) is 5.82 Å². The van der Waals surface area contributed by atoms with Gasteiger partial charge in [-0.1, -0.05) is 6.07 Å². The highest BCUT2D eigenvalue weighted by Crippen LogP contribution is 2.42. The number of anilines is 3. The van der Waals surface area contributed by atoms with Crippen molar-refractivity contribution in [2.24, 2.45) is 0 Å². The van der Waals surface area contributed by atoms with Gasteiger partial charge in [-0.15, -0.1) is 0 Å². The molecule has 3 aromatic rings. The van der Waals surface area contributed by atoms with Crippen molar-refractivity contribution in [1.82, 2.24) is 29.7 Å². The van der Waals surface area contributed by atoms with Crippen molar-refractivity contribution in [2.45, 2.75) is 70.3 Å². The van der Waals surface area contributed by atoms with Gasteiger partial charge >= 0.3 is 0 Å². The molecule has 6 rings (SSSR count). The van der Waals surface area contributed by atoms with E-state index in [4.69, 9.17) is 9.97 Å². The number of hydrogen-bond donors (Lipinski definition) is 2. The fourth-order valence-electron chi connectivity index (χ4n) is 6.11. The lowest BCUT2D eigenvalue weighted by Gasteiger charge is -2.38. The number of piperazine rings is 1. The first-order chi connectivity index (χ1) is 17.4. The second kappa shape index (κ2) is 9.53. The first-order valence-electron chi connectivity index (χ1n) is 13.2. The molecular weight excluding hydrogens is 452 g/mol. The number of rotatable bonds is 6. The second-order valence-corrected chi connectivity index (χ2v) is 10.8. The van der Waals surface area contributed by atoms with Crippen LogP contribution in [0.15, 0.2) is 30.6 Å². The molecule has 2 N–H and O–H groups in total. The van der Waals surface area contributed by atoms with Crippen LogP contribution in [0.4, 0.5) is 17.6 Å². The minimum atomic E-state index is -0.636. The van der Waals surface area contributed by atoms with Crippen molar-refractivity contribution < 1.29 is 5.11 Å². The van der Waals surface area contributed by atoms with Crippen molar-refractivity contribution in [3.8, 4) is 0 Å². The average Bonchev–Trinajstić information content (AvgIpc) is 3.47. The fourth-order valence-corrected chi connectivity index (χ4v) is 6.11. The molecular formula is C27H36N8O. The van der Waals surface area contributed by atoms with Crippen LogP contribution < -0.4 is 10.2 Å². The summed E-state index contributed by atoms with van der Waals surface area (Å²) in [5.41, 5.74) is 2.70. The zero-order valence-corrected chi connectivity index (χ0v) is 21.4. The Balaban J connectivity index is 1.24. The Morgan fingerprint density at radius 2 is 1.83 bits per heavy atom. The van der Waals surface area contributed by atoms with Gasteiger partial charge in [0.1, 0.15) is 11.3 Å². The number of aliphatic hydroxyl groups is 1. The highest BCUT2D eigenvalue weighted by molar-refractivity contribution is 5.90. The van der Waals surface area contributed by atoms with E-state index in [1.165, 1.54) is 31.2 Å². The van der Waals surface area contributed by atoms with Gasteiger partial charge in [-0.25, -0.2) is 19.9 Å². The fraction of sp³-hybridized carbons (Fsp3) is 0.556. The summed E-state index contributed by atoms with van der Waals surface area (Å²) in [5.74, 6) is 2.11. The van der Waals surface area contributed by atoms with E-state index in [2.05, 4.69) is 50.0 Å². The Hall–Kier alpha value is -2.88. The molecule has 2 bridgehead atoms. The summed E-state index contributed by atoms with van der Waals surface area (Å²) in [4.78, 5) is 26.3. The van der Waals surface area contributed by atoms with Gasteiger partial charge in [0, 0.05) is 62.1 Å². The lowest BCUT2D eigenvalue weighted by Crippen LogP contribution is -2.49. The molecule has 3 aliphatic rings. The Bertz CT molecular complexity index is 1210. The maximum absolute atomic E-state index is 10.3. The van der Waals surface area contributed by atoms with Gasteiger partial charge < -0.3 is 20.2 Å². The summed E-state index contributed by atoms with van der Waals surface area (Å²) in [6.07, 6.45) is 7.93. The van der Waals surface area contributed by atoms with E-state index in [1.54, 1.807) is 6.92 Å². The molecule has 0 aliphatic carbocycles. The van der Waals surface area contributed by atoms with Crippen LogP contribution >= 0.6 is 0 Å². The van der Waals surface area contributed by atoms with Gasteiger partial charge in [-0.2, -0.15) is 0 Å². The van der Waals surface area contributed by atoms with E-state index < -0.39 is 6.10 Å². The minimum absolute atomic E-state index is 0.509. The first-order valence-corrected chi connectivity index (χ1v) is 13.2. The summed E-state index contributed by atoms with van der Waals surface area (Å²) in [6, 6.07) is 7.59. The van der Waals surface area contributed by atoms with Crippen molar-refractivity contribution >= 4 is 28.5 Å². The summed E-state index contributed by atoms with van der Waals surface area (Å²) >= 11 is 0. The molecule has 0 saturated carbocycles. The van der Waals surface area contributed by atoms with E-state index in [0.717, 1.165) is 48.7 Å². The average molecular weight is 489 g/mol. The third-order valence-electron chi connectivity index (χ3n) is 8.11. The smallest absolute Gasteiger partial charge is 0.229 e. The Kier molecular flexibility index (Phi) is 6.23. The van der Waals surface area contributed by atoms with E-state index in [0.29, 0.717) is 29.8 Å². The molecule has 3 aliphatic heterocycles. The van der Waals surface area contributed by atoms with Crippen LogP contribution in [-0.2, 0) is 6.54 Å². The number of nitrogens with zero attached hydrogens (tertiary/aromatic N) is 7. The van der Waals surface area contributed by atoms with Gasteiger partial charge in [-0.05, 0) is 64.3 Å². The summed E-state index contributed by atoms with van der Waals surface area (Å²) in [5, 5.41) is 14.4. The molecule has 0 unspecified atom stereocenters. The number of aliphatic hydroxyl groups excluding tert-OH is 1.